The Morgan fingerprint density at radius 3 is 2.88 bits per heavy atom. The second kappa shape index (κ2) is 3.99. The summed E-state index contributed by atoms with van der Waals surface area (Å²) in [5, 5.41) is 3.99. The number of hydrogen-bond acceptors (Lipinski definition) is 5. The minimum Gasteiger partial charge on any atom is -0.219 e. The van der Waals surface area contributed by atoms with E-state index in [4.69, 9.17) is 10.7 Å². The molecule has 8 heteroatoms. The third kappa shape index (κ3) is 2.48. The van der Waals surface area contributed by atoms with E-state index in [1.54, 1.807) is 12.4 Å². The first-order chi connectivity index (χ1) is 7.48. The van der Waals surface area contributed by atoms with Crippen LogP contribution in [-0.4, -0.2) is 28.0 Å². The van der Waals surface area contributed by atoms with Gasteiger partial charge in [0.25, 0.3) is 5.78 Å². The third-order valence-corrected chi connectivity index (χ3v) is 2.93. The molecule has 2 rings (SSSR count). The molecule has 0 amide bonds. The van der Waals surface area contributed by atoms with Crippen LogP contribution in [0, 0.1) is 0 Å². The van der Waals surface area contributed by atoms with E-state index in [1.165, 1.54) is 4.52 Å². The number of halogens is 1. The lowest BCUT2D eigenvalue weighted by Crippen LogP contribution is -1.97. The fraction of sp³-hybridized carbons (Fsp3) is 0.375. The molecule has 0 aliphatic carbocycles. The van der Waals surface area contributed by atoms with E-state index in [1.807, 2.05) is 6.92 Å². The van der Waals surface area contributed by atoms with Crippen LogP contribution >= 0.6 is 10.7 Å². The molecule has 0 spiro atoms. The predicted molar refractivity (Wildman–Crippen MR) is 58.6 cm³/mol. The topological polar surface area (TPSA) is 77.2 Å². The van der Waals surface area contributed by atoms with Crippen molar-refractivity contribution in [1.82, 2.24) is 19.6 Å². The molecule has 0 aliphatic rings. The van der Waals surface area contributed by atoms with Gasteiger partial charge >= 0.3 is 0 Å². The zero-order valence-corrected chi connectivity index (χ0v) is 10.0. The van der Waals surface area contributed by atoms with Gasteiger partial charge < -0.3 is 0 Å². The summed E-state index contributed by atoms with van der Waals surface area (Å²) in [6.07, 6.45) is 4.27. The summed E-state index contributed by atoms with van der Waals surface area (Å²) in [4.78, 5) is 8.00. The van der Waals surface area contributed by atoms with Crippen LogP contribution in [0.3, 0.4) is 0 Å². The molecule has 0 radical (unpaired) electrons. The Balaban J connectivity index is 2.44. The normalized spacial score (nSPS) is 12.1. The predicted octanol–water partition coefficient (Wildman–Crippen LogP) is 0.755. The maximum absolute atomic E-state index is 10.9. The molecule has 2 heterocycles. The van der Waals surface area contributed by atoms with Gasteiger partial charge in [-0.3, -0.25) is 0 Å². The molecule has 2 aromatic rings. The molecular formula is C8H9ClN4O2S. The fourth-order valence-corrected chi connectivity index (χ4v) is 1.99. The van der Waals surface area contributed by atoms with E-state index < -0.39 is 9.05 Å². The third-order valence-electron chi connectivity index (χ3n) is 2.00. The molecule has 0 saturated heterocycles. The van der Waals surface area contributed by atoms with E-state index in [-0.39, 0.29) is 11.6 Å². The van der Waals surface area contributed by atoms with Gasteiger partial charge in [-0.1, -0.05) is 6.92 Å². The summed E-state index contributed by atoms with van der Waals surface area (Å²) < 4.78 is 23.2. The van der Waals surface area contributed by atoms with Crippen molar-refractivity contribution in [2.45, 2.75) is 19.1 Å². The molecular weight excluding hydrogens is 252 g/mol. The average Bonchev–Trinajstić information content (AvgIpc) is 2.55. The molecule has 0 bridgehead atoms. The molecule has 16 heavy (non-hydrogen) atoms. The van der Waals surface area contributed by atoms with Crippen molar-refractivity contribution in [3.05, 3.63) is 23.8 Å². The summed E-state index contributed by atoms with van der Waals surface area (Å²) in [6.45, 7) is 1.99. The zero-order chi connectivity index (χ0) is 11.8. The zero-order valence-electron chi connectivity index (χ0n) is 8.46. The van der Waals surface area contributed by atoms with Crippen LogP contribution in [0.4, 0.5) is 0 Å². The molecule has 6 nitrogen and oxygen atoms in total. The maximum Gasteiger partial charge on any atom is 0.252 e. The molecule has 0 aromatic carbocycles. The second-order valence-electron chi connectivity index (χ2n) is 3.27. The summed E-state index contributed by atoms with van der Waals surface area (Å²) in [6, 6.07) is 0. The quantitative estimate of drug-likeness (QED) is 0.762. The van der Waals surface area contributed by atoms with Crippen molar-refractivity contribution < 1.29 is 8.42 Å². The first kappa shape index (κ1) is 11.3. The van der Waals surface area contributed by atoms with Crippen molar-refractivity contribution in [3.8, 4) is 0 Å². The van der Waals surface area contributed by atoms with Gasteiger partial charge in [-0.15, -0.1) is 5.10 Å². The van der Waals surface area contributed by atoms with E-state index in [2.05, 4.69) is 15.1 Å². The van der Waals surface area contributed by atoms with Crippen LogP contribution in [0.2, 0.25) is 0 Å². The van der Waals surface area contributed by atoms with Crippen LogP contribution < -0.4 is 0 Å². The van der Waals surface area contributed by atoms with Gasteiger partial charge in [0.15, 0.2) is 5.82 Å². The Bertz CT molecular complexity index is 622. The molecule has 0 atom stereocenters. The van der Waals surface area contributed by atoms with Gasteiger partial charge in [-0.25, -0.2) is 17.9 Å². The van der Waals surface area contributed by atoms with Crippen molar-refractivity contribution in [2.75, 3.05) is 0 Å². The lowest BCUT2D eigenvalue weighted by molar-refractivity contribution is 0.607. The number of hydrogen-bond donors (Lipinski definition) is 0. The Morgan fingerprint density at radius 2 is 2.25 bits per heavy atom. The number of aryl methyl sites for hydroxylation is 1. The molecule has 0 aliphatic heterocycles. The summed E-state index contributed by atoms with van der Waals surface area (Å²) in [5.41, 5.74) is 0.998. The fourth-order valence-electron chi connectivity index (χ4n) is 1.26. The minimum absolute atomic E-state index is 0.149. The Kier molecular flexibility index (Phi) is 2.81. The van der Waals surface area contributed by atoms with Crippen LogP contribution in [0.1, 0.15) is 18.3 Å². The van der Waals surface area contributed by atoms with Crippen molar-refractivity contribution in [2.24, 2.45) is 0 Å². The average molecular weight is 261 g/mol. The van der Waals surface area contributed by atoms with E-state index in [9.17, 15) is 8.42 Å². The van der Waals surface area contributed by atoms with Crippen LogP contribution in [0.15, 0.2) is 12.4 Å². The standard InChI is InChI=1S/C8H9ClN4O2S/c1-2-6-3-10-8-11-7(5-16(9,14)15)12-13(8)4-6/h3-4H,2,5H2,1H3. The SMILES string of the molecule is CCc1cnc2nc(CS(=O)(=O)Cl)nn2c1. The van der Waals surface area contributed by atoms with Gasteiger partial charge in [0.05, 0.1) is 0 Å². The summed E-state index contributed by atoms with van der Waals surface area (Å²) in [7, 11) is 1.48. The minimum atomic E-state index is -3.63. The first-order valence-electron chi connectivity index (χ1n) is 4.60. The van der Waals surface area contributed by atoms with Crippen LogP contribution in [0.25, 0.3) is 5.78 Å². The molecule has 0 saturated carbocycles. The van der Waals surface area contributed by atoms with Gasteiger partial charge in [-0.05, 0) is 12.0 Å². The Morgan fingerprint density at radius 1 is 1.50 bits per heavy atom. The largest absolute Gasteiger partial charge is 0.252 e. The number of rotatable bonds is 3. The second-order valence-corrected chi connectivity index (χ2v) is 6.05. The van der Waals surface area contributed by atoms with Crippen LogP contribution in [-0.2, 0) is 21.2 Å². The van der Waals surface area contributed by atoms with Crippen LogP contribution in [0.5, 0.6) is 0 Å². The summed E-state index contributed by atoms with van der Waals surface area (Å²) in [5.74, 6) is 0.127. The highest BCUT2D eigenvalue weighted by atomic mass is 35.7. The monoisotopic (exact) mass is 260 g/mol. The smallest absolute Gasteiger partial charge is 0.219 e. The van der Waals surface area contributed by atoms with Gasteiger partial charge in [-0.2, -0.15) is 4.98 Å². The number of aromatic nitrogens is 4. The van der Waals surface area contributed by atoms with Crippen molar-refractivity contribution in [3.63, 3.8) is 0 Å². The molecule has 0 unspecified atom stereocenters. The molecule has 0 fully saturated rings. The Hall–Kier alpha value is -1.21. The van der Waals surface area contributed by atoms with Gasteiger partial charge in [0.2, 0.25) is 9.05 Å². The lowest BCUT2D eigenvalue weighted by Gasteiger charge is -1.94. The lowest BCUT2D eigenvalue weighted by atomic mass is 10.3. The first-order valence-corrected chi connectivity index (χ1v) is 7.08. The van der Waals surface area contributed by atoms with Crippen molar-refractivity contribution >= 4 is 25.5 Å². The van der Waals surface area contributed by atoms with E-state index in [0.29, 0.717) is 5.78 Å². The van der Waals surface area contributed by atoms with Gasteiger partial charge in [0, 0.05) is 23.1 Å². The number of fused-ring (bicyclic) bond motifs is 1. The highest BCUT2D eigenvalue weighted by molar-refractivity contribution is 8.13. The van der Waals surface area contributed by atoms with Crippen molar-refractivity contribution in [1.29, 1.82) is 0 Å². The van der Waals surface area contributed by atoms with Gasteiger partial charge in [0.1, 0.15) is 5.75 Å². The highest BCUT2D eigenvalue weighted by Gasteiger charge is 2.13. The maximum atomic E-state index is 10.9. The highest BCUT2D eigenvalue weighted by Crippen LogP contribution is 2.07. The summed E-state index contributed by atoms with van der Waals surface area (Å²) >= 11 is 0. The molecule has 86 valence electrons. The molecule has 2 aromatic heterocycles. The van der Waals surface area contributed by atoms with E-state index in [0.717, 1.165) is 12.0 Å². The molecule has 0 N–H and O–H groups in total. The Labute approximate surface area is 96.7 Å². The van der Waals surface area contributed by atoms with E-state index >= 15 is 0 Å². The number of nitrogens with zero attached hydrogens (tertiary/aromatic N) is 4.